The molecule has 0 amide bonds. The number of hydrogen-bond acceptors (Lipinski definition) is 11. The Morgan fingerprint density at radius 1 is 1.00 bits per heavy atom. The number of rotatable bonds is 8. The van der Waals surface area contributed by atoms with Crippen molar-refractivity contribution in [1.29, 1.82) is 0 Å². The summed E-state index contributed by atoms with van der Waals surface area (Å²) in [4.78, 5) is 54.0. The molecule has 1 N–H and O–H groups in total. The number of ether oxygens (including phenoxy) is 5. The predicted octanol–water partition coefficient (Wildman–Crippen LogP) is 4.43. The lowest BCUT2D eigenvalue weighted by atomic mass is 9.48. The van der Waals surface area contributed by atoms with Crippen molar-refractivity contribution in [2.75, 3.05) is 20.7 Å². The van der Waals surface area contributed by atoms with Crippen LogP contribution in [0.4, 0.5) is 0 Å². The molecular weight excluding hydrogens is 618 g/mol. The third-order valence-electron chi connectivity index (χ3n) is 11.3. The van der Waals surface area contributed by atoms with E-state index in [1.54, 1.807) is 6.92 Å². The zero-order valence-electron chi connectivity index (χ0n) is 29.2. The quantitative estimate of drug-likeness (QED) is 0.239. The zero-order chi connectivity index (χ0) is 35.3. The summed E-state index contributed by atoms with van der Waals surface area (Å²) in [7, 11) is 3.81. The van der Waals surface area contributed by atoms with Crippen LogP contribution >= 0.6 is 0 Å². The van der Waals surface area contributed by atoms with Gasteiger partial charge in [0.2, 0.25) is 0 Å². The fraction of sp³-hybridized carbons (Fsp3) is 0.622. The molecule has 1 aromatic carbocycles. The highest BCUT2D eigenvalue weighted by atomic mass is 16.6. The third kappa shape index (κ3) is 6.20. The Hall–Kier alpha value is -3.54. The molecule has 0 spiro atoms. The molecule has 2 aliphatic heterocycles. The third-order valence-corrected chi connectivity index (χ3v) is 11.3. The smallest absolute Gasteiger partial charge is 0.308 e. The number of aliphatic hydroxyl groups is 1. The van der Waals surface area contributed by atoms with Gasteiger partial charge >= 0.3 is 23.9 Å². The lowest BCUT2D eigenvalue weighted by Crippen LogP contribution is -2.69. The van der Waals surface area contributed by atoms with Gasteiger partial charge in [0.1, 0.15) is 18.3 Å². The molecule has 3 aliphatic carbocycles. The van der Waals surface area contributed by atoms with Gasteiger partial charge in [0.25, 0.3) is 0 Å². The van der Waals surface area contributed by atoms with Gasteiger partial charge in [0, 0.05) is 55.9 Å². The minimum absolute atomic E-state index is 0.0445. The van der Waals surface area contributed by atoms with E-state index in [1.165, 1.54) is 20.8 Å². The SMILES string of the molecule is C=C1[C@@H](OC(=O)C[C@H](c2ccccc2)N(C)C)CC[C@@]2(C)[C@@H](OC(C)=O)[C@H](OC(C)=O)C3=C(C)[C@]4(O)C[C@@H]([C@@H](OC(C)=O)[C@H]12)[C@@]3(C)CO4. The molecule has 5 aliphatic rings. The average Bonchev–Trinajstić information content (AvgIpc) is 2.99. The number of nitrogens with zero attached hydrogens (tertiary/aromatic N) is 1. The predicted molar refractivity (Wildman–Crippen MR) is 174 cm³/mol. The van der Waals surface area contributed by atoms with Crippen molar-refractivity contribution in [3.8, 4) is 0 Å². The monoisotopic (exact) mass is 667 g/mol. The number of esters is 4. The van der Waals surface area contributed by atoms with E-state index in [0.717, 1.165) is 5.56 Å². The lowest BCUT2D eigenvalue weighted by molar-refractivity contribution is -0.284. The van der Waals surface area contributed by atoms with Gasteiger partial charge in [-0.25, -0.2) is 0 Å². The standard InChI is InChI=1S/C37H49NO10/c1-20-28(48-29(42)17-27(38(8)9)25-13-11-10-12-14-25)15-16-35(6)30(20)32(45-22(3)39)26-18-37(43)21(2)31(36(26,7)19-44-37)33(46-23(4)40)34(35)47-24(5)41/h10-14,26-28,30,32-34,43H,1,15-19H2,2-9H3/t26-,27+,28-,30-,32+,33+,34-,35+,36+,37-/m0/s1. The molecule has 10 atom stereocenters. The Bertz CT molecular complexity index is 1500. The first-order chi connectivity index (χ1) is 22.4. The number of carbonyl (C=O) groups excluding carboxylic acids is 4. The first-order valence-corrected chi connectivity index (χ1v) is 16.6. The van der Waals surface area contributed by atoms with Crippen molar-refractivity contribution in [2.24, 2.45) is 22.7 Å². The van der Waals surface area contributed by atoms with Gasteiger partial charge in [-0.15, -0.1) is 0 Å². The van der Waals surface area contributed by atoms with Gasteiger partial charge in [-0.3, -0.25) is 19.2 Å². The van der Waals surface area contributed by atoms with Crippen LogP contribution in [0.1, 0.15) is 78.8 Å². The van der Waals surface area contributed by atoms with Crippen LogP contribution in [-0.4, -0.2) is 84.8 Å². The molecule has 262 valence electrons. The van der Waals surface area contributed by atoms with Gasteiger partial charge < -0.3 is 33.7 Å². The molecule has 2 saturated carbocycles. The number of fused-ring (bicyclic) bond motifs is 2. The number of benzene rings is 1. The van der Waals surface area contributed by atoms with E-state index >= 15 is 0 Å². The summed E-state index contributed by atoms with van der Waals surface area (Å²) >= 11 is 0. The minimum atomic E-state index is -1.73. The van der Waals surface area contributed by atoms with Crippen LogP contribution in [-0.2, 0) is 42.9 Å². The Labute approximate surface area is 282 Å². The van der Waals surface area contributed by atoms with Crippen LogP contribution in [0.2, 0.25) is 0 Å². The molecule has 3 fully saturated rings. The van der Waals surface area contributed by atoms with Crippen molar-refractivity contribution in [3.05, 3.63) is 59.2 Å². The first-order valence-electron chi connectivity index (χ1n) is 16.6. The second kappa shape index (κ2) is 13.1. The van der Waals surface area contributed by atoms with Gasteiger partial charge in [0.05, 0.1) is 13.0 Å². The van der Waals surface area contributed by atoms with E-state index < -0.39 is 76.7 Å². The molecule has 0 aromatic heterocycles. The zero-order valence-corrected chi connectivity index (χ0v) is 29.2. The van der Waals surface area contributed by atoms with Crippen LogP contribution < -0.4 is 0 Å². The van der Waals surface area contributed by atoms with Crippen molar-refractivity contribution in [2.45, 2.75) is 103 Å². The van der Waals surface area contributed by atoms with E-state index in [9.17, 15) is 24.3 Å². The molecule has 2 heterocycles. The molecule has 0 unspecified atom stereocenters. The Morgan fingerprint density at radius 2 is 1.62 bits per heavy atom. The van der Waals surface area contributed by atoms with E-state index in [2.05, 4.69) is 6.58 Å². The van der Waals surface area contributed by atoms with Gasteiger partial charge in [-0.2, -0.15) is 0 Å². The van der Waals surface area contributed by atoms with Crippen molar-refractivity contribution in [3.63, 3.8) is 0 Å². The summed E-state index contributed by atoms with van der Waals surface area (Å²) in [6.45, 7) is 14.0. The summed E-state index contributed by atoms with van der Waals surface area (Å²) in [5.41, 5.74) is 0.668. The van der Waals surface area contributed by atoms with E-state index in [1.807, 2.05) is 63.2 Å². The van der Waals surface area contributed by atoms with E-state index in [0.29, 0.717) is 29.6 Å². The minimum Gasteiger partial charge on any atom is -0.462 e. The summed E-state index contributed by atoms with van der Waals surface area (Å²) in [6.07, 6.45) is -2.83. The number of carbonyl (C=O) groups is 4. The fourth-order valence-electron chi connectivity index (χ4n) is 8.98. The highest BCUT2D eigenvalue weighted by molar-refractivity contribution is 5.71. The topological polar surface area (TPSA) is 138 Å². The average molecular weight is 668 g/mol. The molecule has 1 saturated heterocycles. The Kier molecular flexibility index (Phi) is 9.73. The number of hydrogen-bond donors (Lipinski definition) is 1. The molecule has 48 heavy (non-hydrogen) atoms. The van der Waals surface area contributed by atoms with Crippen molar-refractivity contribution in [1.82, 2.24) is 4.90 Å². The fourth-order valence-corrected chi connectivity index (χ4v) is 8.98. The Morgan fingerprint density at radius 3 is 2.21 bits per heavy atom. The largest absolute Gasteiger partial charge is 0.462 e. The van der Waals surface area contributed by atoms with Crippen LogP contribution in [0.3, 0.4) is 0 Å². The first kappa shape index (κ1) is 35.8. The maximum atomic E-state index is 13.6. The molecule has 6 rings (SSSR count). The highest BCUT2D eigenvalue weighted by Gasteiger charge is 2.69. The van der Waals surface area contributed by atoms with Gasteiger partial charge in [-0.05, 0) is 56.1 Å². The van der Waals surface area contributed by atoms with E-state index in [-0.39, 0.29) is 25.5 Å². The second-order valence-corrected chi connectivity index (χ2v) is 14.6. The van der Waals surface area contributed by atoms with Crippen LogP contribution in [0.15, 0.2) is 53.6 Å². The molecular formula is C37H49NO10. The van der Waals surface area contributed by atoms with Crippen molar-refractivity contribution >= 4 is 23.9 Å². The summed E-state index contributed by atoms with van der Waals surface area (Å²) in [5, 5.41) is 11.9. The van der Waals surface area contributed by atoms with Crippen LogP contribution in [0.25, 0.3) is 0 Å². The summed E-state index contributed by atoms with van der Waals surface area (Å²) < 4.78 is 30.6. The normalized spacial score (nSPS) is 36.3. The molecule has 11 nitrogen and oxygen atoms in total. The molecule has 1 aromatic rings. The highest BCUT2D eigenvalue weighted by Crippen LogP contribution is 2.64. The Balaban J connectivity index is 1.60. The van der Waals surface area contributed by atoms with Gasteiger partial charge in [0.15, 0.2) is 11.9 Å². The molecule has 0 radical (unpaired) electrons. The van der Waals surface area contributed by atoms with E-state index in [4.69, 9.17) is 23.7 Å². The summed E-state index contributed by atoms with van der Waals surface area (Å²) in [6, 6.07) is 9.49. The lowest BCUT2D eigenvalue weighted by Gasteiger charge is -2.64. The van der Waals surface area contributed by atoms with Gasteiger partial charge in [-0.1, -0.05) is 50.8 Å². The maximum Gasteiger partial charge on any atom is 0.308 e. The van der Waals surface area contributed by atoms with Crippen LogP contribution in [0, 0.1) is 22.7 Å². The van der Waals surface area contributed by atoms with Crippen molar-refractivity contribution < 1.29 is 48.0 Å². The van der Waals surface area contributed by atoms with Crippen LogP contribution in [0.5, 0.6) is 0 Å². The maximum absolute atomic E-state index is 13.6. The second-order valence-electron chi connectivity index (χ2n) is 14.6. The summed E-state index contributed by atoms with van der Waals surface area (Å²) in [5.74, 6) is -5.09. The molecule has 4 bridgehead atoms. The molecule has 11 heteroatoms.